The maximum Gasteiger partial charge on any atom is 0.253 e. The zero-order valence-electron chi connectivity index (χ0n) is 10.6. The van der Waals surface area contributed by atoms with E-state index in [0.717, 1.165) is 17.3 Å². The fraction of sp³-hybridized carbons (Fsp3) is 0.286. The molecule has 0 N–H and O–H groups in total. The van der Waals surface area contributed by atoms with E-state index in [1.54, 1.807) is 22.4 Å². The highest BCUT2D eigenvalue weighted by Crippen LogP contribution is 2.16. The molecule has 0 aliphatic rings. The van der Waals surface area contributed by atoms with Crippen LogP contribution in [0.25, 0.3) is 0 Å². The molecule has 1 aromatic heterocycles. The molecular weight excluding hydrogens is 244 g/mol. The highest BCUT2D eigenvalue weighted by Gasteiger charge is 2.02. The van der Waals surface area contributed by atoms with E-state index in [2.05, 4.69) is 17.1 Å². The third-order valence-electron chi connectivity index (χ3n) is 2.65. The minimum atomic E-state index is 0.0358. The van der Waals surface area contributed by atoms with Gasteiger partial charge in [0.25, 0.3) is 5.56 Å². The van der Waals surface area contributed by atoms with Crippen LogP contribution in [0.2, 0.25) is 0 Å². The minimum Gasteiger partial charge on any atom is -0.296 e. The van der Waals surface area contributed by atoms with Gasteiger partial charge >= 0.3 is 0 Å². The molecule has 0 saturated heterocycles. The predicted octanol–water partition coefficient (Wildman–Crippen LogP) is 2.65. The summed E-state index contributed by atoms with van der Waals surface area (Å²) in [5.41, 5.74) is 0.818. The van der Waals surface area contributed by atoms with E-state index in [4.69, 9.17) is 0 Å². The van der Waals surface area contributed by atoms with Crippen molar-refractivity contribution in [3.63, 3.8) is 0 Å². The Bertz CT molecular complexity index is 578. The monoisotopic (exact) mass is 260 g/mol. The topological polar surface area (TPSA) is 34.9 Å². The van der Waals surface area contributed by atoms with E-state index >= 15 is 0 Å². The van der Waals surface area contributed by atoms with Gasteiger partial charge in [0, 0.05) is 29.0 Å². The lowest BCUT2D eigenvalue weighted by Gasteiger charge is -2.09. The van der Waals surface area contributed by atoms with Crippen molar-refractivity contribution in [2.45, 2.75) is 25.3 Å². The minimum absolute atomic E-state index is 0.0358. The zero-order chi connectivity index (χ0) is 13.0. The molecule has 2 rings (SSSR count). The number of hydrogen-bond acceptors (Lipinski definition) is 3. The molecule has 3 nitrogen and oxygen atoms in total. The van der Waals surface area contributed by atoms with Crippen molar-refractivity contribution >= 4 is 11.8 Å². The van der Waals surface area contributed by atoms with E-state index < -0.39 is 0 Å². The average Bonchev–Trinajstić information content (AvgIpc) is 2.34. The summed E-state index contributed by atoms with van der Waals surface area (Å²) < 4.78 is 1.73. The third kappa shape index (κ3) is 3.23. The molecule has 0 atom stereocenters. The number of benzene rings is 1. The first-order chi connectivity index (χ1) is 8.66. The van der Waals surface area contributed by atoms with Crippen LogP contribution in [-0.4, -0.2) is 15.3 Å². The smallest absolute Gasteiger partial charge is 0.253 e. The second-order valence-corrected chi connectivity index (χ2v) is 5.26. The maximum absolute atomic E-state index is 11.8. The molecule has 0 unspecified atom stereocenters. The summed E-state index contributed by atoms with van der Waals surface area (Å²) in [4.78, 5) is 17.4. The lowest BCUT2D eigenvalue weighted by molar-refractivity contribution is 0.675. The highest BCUT2D eigenvalue weighted by molar-refractivity contribution is 7.99. The van der Waals surface area contributed by atoms with Crippen molar-refractivity contribution in [1.82, 2.24) is 9.55 Å². The van der Waals surface area contributed by atoms with Crippen LogP contribution >= 0.6 is 11.8 Å². The molecule has 18 heavy (non-hydrogen) atoms. The molecule has 1 aromatic carbocycles. The lowest BCUT2D eigenvalue weighted by atomic mass is 10.4. The molecular formula is C14H16N2OS. The second kappa shape index (κ2) is 5.87. The quantitative estimate of drug-likeness (QED) is 0.793. The van der Waals surface area contributed by atoms with Crippen molar-refractivity contribution in [1.29, 1.82) is 0 Å². The third-order valence-corrected chi connectivity index (χ3v) is 3.65. The normalized spacial score (nSPS) is 10.6. The molecule has 0 aliphatic carbocycles. The van der Waals surface area contributed by atoms with Gasteiger partial charge in [-0.1, -0.05) is 18.2 Å². The van der Waals surface area contributed by atoms with Gasteiger partial charge in [0.1, 0.15) is 5.82 Å². The summed E-state index contributed by atoms with van der Waals surface area (Å²) in [7, 11) is 0. The second-order valence-electron chi connectivity index (χ2n) is 4.10. The van der Waals surface area contributed by atoms with Gasteiger partial charge in [0.2, 0.25) is 0 Å². The number of nitrogens with zero attached hydrogens (tertiary/aromatic N) is 2. The van der Waals surface area contributed by atoms with Crippen molar-refractivity contribution in [3.8, 4) is 0 Å². The van der Waals surface area contributed by atoms with Crippen LogP contribution in [0.3, 0.4) is 0 Å². The molecule has 0 radical (unpaired) electrons. The SMILES string of the molecule is Cc1cc(=O)n(CCSc2ccccc2)c(C)n1. The zero-order valence-corrected chi connectivity index (χ0v) is 11.4. The molecule has 0 amide bonds. The van der Waals surface area contributed by atoms with Crippen molar-refractivity contribution in [2.75, 3.05) is 5.75 Å². The standard InChI is InChI=1S/C14H16N2OS/c1-11-10-14(17)16(12(2)15-11)8-9-18-13-6-4-3-5-7-13/h3-7,10H,8-9H2,1-2H3. The molecule has 0 bridgehead atoms. The number of thioether (sulfide) groups is 1. The Morgan fingerprint density at radius 1 is 1.22 bits per heavy atom. The van der Waals surface area contributed by atoms with Gasteiger partial charge in [-0.2, -0.15) is 0 Å². The Morgan fingerprint density at radius 2 is 1.94 bits per heavy atom. The van der Waals surface area contributed by atoms with Crippen molar-refractivity contribution in [2.24, 2.45) is 0 Å². The van der Waals surface area contributed by atoms with Crippen LogP contribution in [0, 0.1) is 13.8 Å². The van der Waals surface area contributed by atoms with Crippen LogP contribution in [0.4, 0.5) is 0 Å². The van der Waals surface area contributed by atoms with Gasteiger partial charge in [-0.05, 0) is 26.0 Å². The first kappa shape index (κ1) is 12.9. The first-order valence-electron chi connectivity index (χ1n) is 5.90. The van der Waals surface area contributed by atoms with Gasteiger partial charge in [-0.15, -0.1) is 11.8 Å². The molecule has 2 aromatic rings. The Kier molecular flexibility index (Phi) is 4.20. The van der Waals surface area contributed by atoms with Crippen molar-refractivity contribution < 1.29 is 0 Å². The Balaban J connectivity index is 2.01. The first-order valence-corrected chi connectivity index (χ1v) is 6.88. The number of rotatable bonds is 4. The van der Waals surface area contributed by atoms with E-state index in [1.807, 2.05) is 32.0 Å². The largest absolute Gasteiger partial charge is 0.296 e. The van der Waals surface area contributed by atoms with E-state index in [-0.39, 0.29) is 5.56 Å². The number of hydrogen-bond donors (Lipinski definition) is 0. The highest BCUT2D eigenvalue weighted by atomic mass is 32.2. The predicted molar refractivity (Wildman–Crippen MR) is 75.1 cm³/mol. The molecule has 0 saturated carbocycles. The fourth-order valence-corrected chi connectivity index (χ4v) is 2.67. The fourth-order valence-electron chi connectivity index (χ4n) is 1.81. The summed E-state index contributed by atoms with van der Waals surface area (Å²) in [5.74, 6) is 1.66. The van der Waals surface area contributed by atoms with Crippen LogP contribution in [0.1, 0.15) is 11.5 Å². The van der Waals surface area contributed by atoms with Gasteiger partial charge in [-0.3, -0.25) is 9.36 Å². The van der Waals surface area contributed by atoms with Gasteiger partial charge in [0.15, 0.2) is 0 Å². The van der Waals surface area contributed by atoms with Crippen LogP contribution in [0.15, 0.2) is 46.1 Å². The maximum atomic E-state index is 11.8. The van der Waals surface area contributed by atoms with Gasteiger partial charge in [0.05, 0.1) is 0 Å². The molecule has 94 valence electrons. The average molecular weight is 260 g/mol. The Morgan fingerprint density at radius 3 is 2.61 bits per heavy atom. The number of aromatic nitrogens is 2. The summed E-state index contributed by atoms with van der Waals surface area (Å²) in [6.45, 7) is 4.41. The summed E-state index contributed by atoms with van der Waals surface area (Å²) in [6.07, 6.45) is 0. The molecule has 0 spiro atoms. The number of aryl methyl sites for hydroxylation is 2. The van der Waals surface area contributed by atoms with Gasteiger partial charge in [-0.25, -0.2) is 4.98 Å². The molecule has 0 fully saturated rings. The molecule has 4 heteroatoms. The van der Waals surface area contributed by atoms with E-state index in [9.17, 15) is 4.79 Å². The van der Waals surface area contributed by atoms with E-state index in [1.165, 1.54) is 4.90 Å². The van der Waals surface area contributed by atoms with Crippen LogP contribution in [0.5, 0.6) is 0 Å². The van der Waals surface area contributed by atoms with Gasteiger partial charge < -0.3 is 0 Å². The Labute approximate surface area is 111 Å². The van der Waals surface area contributed by atoms with Crippen LogP contribution in [-0.2, 0) is 6.54 Å². The van der Waals surface area contributed by atoms with Crippen LogP contribution < -0.4 is 5.56 Å². The molecule has 1 heterocycles. The molecule has 0 aliphatic heterocycles. The van der Waals surface area contributed by atoms with E-state index in [0.29, 0.717) is 6.54 Å². The summed E-state index contributed by atoms with van der Waals surface area (Å²) in [5, 5.41) is 0. The lowest BCUT2D eigenvalue weighted by Crippen LogP contribution is -2.24. The summed E-state index contributed by atoms with van der Waals surface area (Å²) >= 11 is 1.75. The Hall–Kier alpha value is -1.55. The van der Waals surface area contributed by atoms with Crippen molar-refractivity contribution in [3.05, 3.63) is 58.3 Å². The summed E-state index contributed by atoms with van der Waals surface area (Å²) in [6, 6.07) is 11.8.